The molecule has 0 fully saturated rings. The van der Waals surface area contributed by atoms with Gasteiger partial charge in [-0.05, 0) is 24.7 Å². The summed E-state index contributed by atoms with van der Waals surface area (Å²) in [6.07, 6.45) is 3.79. The van der Waals surface area contributed by atoms with E-state index < -0.39 is 19.7 Å². The zero-order valence-electron chi connectivity index (χ0n) is 23.6. The number of fused-ring (bicyclic) bond motifs is 1. The third-order valence-corrected chi connectivity index (χ3v) is 9.01. The van der Waals surface area contributed by atoms with E-state index in [0.29, 0.717) is 42.4 Å². The van der Waals surface area contributed by atoms with Crippen molar-refractivity contribution < 1.29 is 27.9 Å². The Hall–Kier alpha value is -1.58. The minimum atomic E-state index is -3.70. The molecule has 0 unspecified atom stereocenters. The summed E-state index contributed by atoms with van der Waals surface area (Å²) in [5, 5.41) is -0.289. The summed E-state index contributed by atoms with van der Waals surface area (Å²) < 4.78 is 32.0. The lowest BCUT2D eigenvalue weighted by molar-refractivity contribution is -0.113. The second-order valence-electron chi connectivity index (χ2n) is 9.99. The molecule has 13 nitrogen and oxygen atoms in total. The summed E-state index contributed by atoms with van der Waals surface area (Å²) in [6.45, 7) is 8.52. The van der Waals surface area contributed by atoms with Crippen molar-refractivity contribution in [3.63, 3.8) is 0 Å². The number of carbonyl (C=O) groups is 2. The number of aromatic nitrogens is 4. The van der Waals surface area contributed by atoms with Crippen molar-refractivity contribution in [1.29, 1.82) is 0 Å². The number of ether oxygens (including phenoxy) is 1. The molecule has 40 heavy (non-hydrogen) atoms. The van der Waals surface area contributed by atoms with E-state index in [4.69, 9.17) is 31.0 Å². The summed E-state index contributed by atoms with van der Waals surface area (Å²) in [6, 6.07) is -1.12. The molecule has 0 bridgehead atoms. The molecule has 16 heteroatoms. The van der Waals surface area contributed by atoms with Crippen LogP contribution < -0.4 is 17.2 Å². The maximum Gasteiger partial charge on any atom is 0.356 e. The normalized spacial score (nSPS) is 13.8. The molecule has 2 atom stereocenters. The van der Waals surface area contributed by atoms with Crippen LogP contribution in [0.3, 0.4) is 0 Å². The van der Waals surface area contributed by atoms with Gasteiger partial charge < -0.3 is 35.6 Å². The molecule has 6 N–H and O–H groups in total. The van der Waals surface area contributed by atoms with Crippen LogP contribution in [-0.2, 0) is 34.5 Å². The Morgan fingerprint density at radius 2 is 1.48 bits per heavy atom. The lowest BCUT2D eigenvalue weighted by Gasteiger charge is -2.19. The maximum atomic E-state index is 13.4. The van der Waals surface area contributed by atoms with Crippen LogP contribution in [0.15, 0.2) is 12.7 Å². The van der Waals surface area contributed by atoms with Crippen LogP contribution >= 0.6 is 31.1 Å². The van der Waals surface area contributed by atoms with Crippen molar-refractivity contribution in [2.75, 3.05) is 43.4 Å². The van der Waals surface area contributed by atoms with E-state index in [0.717, 1.165) is 23.5 Å². The zero-order valence-corrected chi connectivity index (χ0v) is 26.1. The minimum Gasteiger partial charge on any atom is -0.382 e. The van der Waals surface area contributed by atoms with Gasteiger partial charge in [-0.2, -0.15) is 0 Å². The van der Waals surface area contributed by atoms with E-state index in [9.17, 15) is 14.2 Å². The van der Waals surface area contributed by atoms with Gasteiger partial charge in [-0.1, -0.05) is 51.2 Å². The number of nitrogens with zero attached hydrogens (tertiary/aromatic N) is 4. The molecular weight excluding hydrogens is 577 g/mol. The predicted molar refractivity (Wildman–Crippen MR) is 160 cm³/mol. The standard InChI is InChI=1S/C24H42N7O6PS2/c1-16(2)11-18(25)23(32)39-9-7-36-38(34,37-8-10-40-24(33)19(26)12-17(3)4)15-35-6-5-31-14-30-20-21(27)28-13-29-22(20)31/h13-14,16-19H,5-12,15,25-26H2,1-4H3,(H2,27,28,29)/t18-,19-/m0/s1. The molecule has 2 rings (SSSR count). The molecule has 2 heterocycles. The SMILES string of the molecule is CC(C)C[C@H](N)C(=O)SCCOP(=O)(COCCn1cnc2c(N)ncnc21)OCCSC(=O)[C@@H](N)CC(C)C. The van der Waals surface area contributed by atoms with Crippen molar-refractivity contribution in [2.24, 2.45) is 23.3 Å². The second kappa shape index (κ2) is 17.4. The Morgan fingerprint density at radius 3 is 2.00 bits per heavy atom. The molecule has 0 saturated carbocycles. The highest BCUT2D eigenvalue weighted by Gasteiger charge is 2.26. The van der Waals surface area contributed by atoms with Crippen LogP contribution in [0.2, 0.25) is 0 Å². The number of nitrogens with two attached hydrogens (primary N) is 3. The first-order valence-electron chi connectivity index (χ1n) is 13.1. The molecule has 2 aromatic heterocycles. The number of hydrogen-bond donors (Lipinski definition) is 3. The first-order chi connectivity index (χ1) is 18.9. The number of imidazole rings is 1. The number of carbonyl (C=O) groups excluding carboxylic acids is 2. The van der Waals surface area contributed by atoms with Gasteiger partial charge in [0.1, 0.15) is 18.2 Å². The Bertz CT molecular complexity index is 1100. The van der Waals surface area contributed by atoms with Crippen LogP contribution in [-0.4, -0.2) is 79.5 Å². The van der Waals surface area contributed by atoms with E-state index in [1.54, 1.807) is 10.9 Å². The van der Waals surface area contributed by atoms with Crippen LogP contribution in [0.4, 0.5) is 5.82 Å². The fraction of sp³-hybridized carbons (Fsp3) is 0.708. The highest BCUT2D eigenvalue weighted by atomic mass is 32.2. The van der Waals surface area contributed by atoms with E-state index in [2.05, 4.69) is 15.0 Å². The lowest BCUT2D eigenvalue weighted by atomic mass is 10.1. The van der Waals surface area contributed by atoms with E-state index in [1.165, 1.54) is 6.33 Å². The molecule has 226 valence electrons. The number of nitrogen functional groups attached to an aromatic ring is 1. The van der Waals surface area contributed by atoms with Crippen molar-refractivity contribution >= 4 is 58.3 Å². The quantitative estimate of drug-likeness (QED) is 0.153. The van der Waals surface area contributed by atoms with Gasteiger partial charge in [-0.15, -0.1) is 0 Å². The highest BCUT2D eigenvalue weighted by molar-refractivity contribution is 8.14. The predicted octanol–water partition coefficient (Wildman–Crippen LogP) is 2.88. The van der Waals surface area contributed by atoms with Crippen molar-refractivity contribution in [1.82, 2.24) is 19.5 Å². The highest BCUT2D eigenvalue weighted by Crippen LogP contribution is 2.48. The van der Waals surface area contributed by atoms with Crippen molar-refractivity contribution in [3.8, 4) is 0 Å². The lowest BCUT2D eigenvalue weighted by Crippen LogP contribution is -2.30. The Labute approximate surface area is 244 Å². The van der Waals surface area contributed by atoms with Crippen LogP contribution in [0.25, 0.3) is 11.2 Å². The molecule has 0 aliphatic carbocycles. The monoisotopic (exact) mass is 619 g/mol. The fourth-order valence-corrected chi connectivity index (χ4v) is 6.49. The largest absolute Gasteiger partial charge is 0.382 e. The zero-order chi connectivity index (χ0) is 29.7. The molecular formula is C24H42N7O6PS2. The number of anilines is 1. The molecule has 0 saturated heterocycles. The summed E-state index contributed by atoms with van der Waals surface area (Å²) >= 11 is 2.07. The van der Waals surface area contributed by atoms with E-state index in [-0.39, 0.29) is 53.7 Å². The van der Waals surface area contributed by atoms with Crippen molar-refractivity contribution in [3.05, 3.63) is 12.7 Å². The maximum absolute atomic E-state index is 13.4. The van der Waals surface area contributed by atoms with Gasteiger partial charge in [0.15, 0.2) is 11.5 Å². The number of hydrogen-bond acceptors (Lipinski definition) is 14. The summed E-state index contributed by atoms with van der Waals surface area (Å²) in [5.74, 6) is 1.40. The molecule has 0 radical (unpaired) electrons. The van der Waals surface area contributed by atoms with Gasteiger partial charge in [0.2, 0.25) is 10.2 Å². The van der Waals surface area contributed by atoms with Crippen molar-refractivity contribution in [2.45, 2.75) is 59.2 Å². The van der Waals surface area contributed by atoms with Gasteiger partial charge in [0.25, 0.3) is 0 Å². The smallest absolute Gasteiger partial charge is 0.356 e. The third-order valence-electron chi connectivity index (χ3n) is 5.44. The first-order valence-corrected chi connectivity index (χ1v) is 16.8. The summed E-state index contributed by atoms with van der Waals surface area (Å²) in [4.78, 5) is 36.8. The Morgan fingerprint density at radius 1 is 0.925 bits per heavy atom. The molecule has 0 aliphatic heterocycles. The van der Waals surface area contributed by atoms with Gasteiger partial charge in [-0.25, -0.2) is 15.0 Å². The van der Waals surface area contributed by atoms with Gasteiger partial charge in [0.05, 0.1) is 38.2 Å². The van der Waals surface area contributed by atoms with E-state index >= 15 is 0 Å². The number of thioether (sulfide) groups is 2. The Kier molecular flexibility index (Phi) is 15.1. The topological polar surface area (TPSA) is 201 Å². The minimum absolute atomic E-state index is 0.000859. The van der Waals surface area contributed by atoms with Crippen LogP contribution in [0.5, 0.6) is 0 Å². The molecule has 0 amide bonds. The van der Waals surface area contributed by atoms with Gasteiger partial charge in [0, 0.05) is 18.1 Å². The molecule has 0 aliphatic rings. The average molecular weight is 620 g/mol. The Balaban J connectivity index is 1.87. The second-order valence-corrected chi connectivity index (χ2v) is 14.2. The first kappa shape index (κ1) is 34.6. The van der Waals surface area contributed by atoms with Gasteiger partial charge >= 0.3 is 7.60 Å². The van der Waals surface area contributed by atoms with Gasteiger partial charge in [-0.3, -0.25) is 14.2 Å². The number of rotatable bonds is 19. The molecule has 0 aromatic carbocycles. The fourth-order valence-electron chi connectivity index (χ4n) is 3.57. The third kappa shape index (κ3) is 12.1. The molecule has 2 aromatic rings. The average Bonchev–Trinajstić information content (AvgIpc) is 3.30. The van der Waals surface area contributed by atoms with Crippen LogP contribution in [0, 0.1) is 11.8 Å². The summed E-state index contributed by atoms with van der Waals surface area (Å²) in [5.41, 5.74) is 18.7. The van der Waals surface area contributed by atoms with E-state index in [1.807, 2.05) is 27.7 Å². The molecule has 0 spiro atoms. The van der Waals surface area contributed by atoms with Crippen LogP contribution in [0.1, 0.15) is 40.5 Å². The summed E-state index contributed by atoms with van der Waals surface area (Å²) in [7, 11) is -3.70.